The first-order valence-corrected chi connectivity index (χ1v) is 7.33. The Morgan fingerprint density at radius 3 is 2.61 bits per heavy atom. The van der Waals surface area contributed by atoms with Crippen LogP contribution in [-0.4, -0.2) is 19.6 Å². The van der Waals surface area contributed by atoms with Gasteiger partial charge in [-0.25, -0.2) is 0 Å². The fourth-order valence-electron chi connectivity index (χ4n) is 2.94. The van der Waals surface area contributed by atoms with Gasteiger partial charge in [0.1, 0.15) is 0 Å². The van der Waals surface area contributed by atoms with Crippen LogP contribution in [0.1, 0.15) is 38.2 Å². The highest BCUT2D eigenvalue weighted by molar-refractivity contribution is 6.33. The van der Waals surface area contributed by atoms with Gasteiger partial charge in [0.15, 0.2) is 0 Å². The predicted octanol–water partition coefficient (Wildman–Crippen LogP) is 3.83. The molecule has 1 aliphatic carbocycles. The third-order valence-corrected chi connectivity index (χ3v) is 4.11. The quantitative estimate of drug-likeness (QED) is 0.871. The van der Waals surface area contributed by atoms with E-state index in [9.17, 15) is 0 Å². The molecule has 0 radical (unpaired) electrons. The maximum absolute atomic E-state index is 6.45. The van der Waals surface area contributed by atoms with E-state index >= 15 is 0 Å². The van der Waals surface area contributed by atoms with Gasteiger partial charge in [-0.05, 0) is 44.5 Å². The van der Waals surface area contributed by atoms with Gasteiger partial charge < -0.3 is 10.2 Å². The molecule has 0 heterocycles. The summed E-state index contributed by atoms with van der Waals surface area (Å²) in [5.74, 6) is 0. The van der Waals surface area contributed by atoms with Crippen LogP contribution >= 0.6 is 11.6 Å². The van der Waals surface area contributed by atoms with E-state index in [0.717, 1.165) is 18.1 Å². The van der Waals surface area contributed by atoms with Crippen LogP contribution in [0.3, 0.4) is 0 Å². The average Bonchev–Trinajstić information content (AvgIpc) is 2.87. The Balaban J connectivity index is 2.19. The van der Waals surface area contributed by atoms with E-state index in [1.807, 2.05) is 7.05 Å². The molecule has 2 rings (SSSR count). The highest BCUT2D eigenvalue weighted by atomic mass is 35.5. The van der Waals surface area contributed by atoms with Gasteiger partial charge >= 0.3 is 0 Å². The molecule has 3 heteroatoms. The minimum atomic E-state index is 0.683. The maximum Gasteiger partial charge on any atom is 0.0642 e. The highest BCUT2D eigenvalue weighted by Gasteiger charge is 2.23. The van der Waals surface area contributed by atoms with E-state index in [0.29, 0.717) is 6.04 Å². The van der Waals surface area contributed by atoms with Crippen molar-refractivity contribution >= 4 is 17.3 Å². The Hall–Kier alpha value is -0.730. The number of halogens is 1. The first-order chi connectivity index (χ1) is 8.76. The zero-order valence-corrected chi connectivity index (χ0v) is 12.1. The number of hydrogen-bond acceptors (Lipinski definition) is 2. The van der Waals surface area contributed by atoms with E-state index in [-0.39, 0.29) is 0 Å². The smallest absolute Gasteiger partial charge is 0.0642 e. The molecule has 0 unspecified atom stereocenters. The van der Waals surface area contributed by atoms with Crippen LogP contribution in [0, 0.1) is 0 Å². The van der Waals surface area contributed by atoms with Crippen molar-refractivity contribution in [3.63, 3.8) is 0 Å². The van der Waals surface area contributed by atoms with Crippen molar-refractivity contribution < 1.29 is 0 Å². The first kappa shape index (κ1) is 13.7. The van der Waals surface area contributed by atoms with Crippen molar-refractivity contribution in [3.8, 4) is 0 Å². The lowest BCUT2D eigenvalue weighted by molar-refractivity contribution is 0.620. The number of rotatable bonds is 5. The molecule has 0 aromatic heterocycles. The zero-order chi connectivity index (χ0) is 13.0. The molecule has 1 fully saturated rings. The fraction of sp³-hybridized carbons (Fsp3) is 0.600. The normalized spacial score (nSPS) is 16.2. The van der Waals surface area contributed by atoms with Crippen LogP contribution in [0.2, 0.25) is 5.02 Å². The molecule has 18 heavy (non-hydrogen) atoms. The van der Waals surface area contributed by atoms with Gasteiger partial charge in [0.05, 0.1) is 10.7 Å². The second kappa shape index (κ2) is 6.44. The lowest BCUT2D eigenvalue weighted by Gasteiger charge is -2.31. The maximum atomic E-state index is 6.45. The first-order valence-electron chi connectivity index (χ1n) is 6.96. The van der Waals surface area contributed by atoms with Crippen LogP contribution in [-0.2, 0) is 6.54 Å². The SMILES string of the molecule is CCN(c1ccc(CNC)cc1Cl)C1CCCC1. The summed E-state index contributed by atoms with van der Waals surface area (Å²) < 4.78 is 0. The van der Waals surface area contributed by atoms with Crippen molar-refractivity contribution in [2.45, 2.75) is 45.2 Å². The number of benzene rings is 1. The zero-order valence-electron chi connectivity index (χ0n) is 11.4. The Morgan fingerprint density at radius 1 is 1.33 bits per heavy atom. The fourth-order valence-corrected chi connectivity index (χ4v) is 3.25. The molecule has 1 aromatic carbocycles. The number of nitrogens with zero attached hydrogens (tertiary/aromatic N) is 1. The van der Waals surface area contributed by atoms with Crippen molar-refractivity contribution in [1.29, 1.82) is 0 Å². The molecule has 2 nitrogen and oxygen atoms in total. The lowest BCUT2D eigenvalue weighted by Crippen LogP contribution is -2.33. The van der Waals surface area contributed by atoms with Crippen LogP contribution in [0.25, 0.3) is 0 Å². The summed E-state index contributed by atoms with van der Waals surface area (Å²) in [7, 11) is 1.96. The van der Waals surface area contributed by atoms with Gasteiger partial charge in [0.25, 0.3) is 0 Å². The summed E-state index contributed by atoms with van der Waals surface area (Å²) in [5, 5.41) is 4.04. The molecule has 1 aliphatic rings. The molecule has 100 valence electrons. The van der Waals surface area contributed by atoms with Crippen molar-refractivity contribution in [3.05, 3.63) is 28.8 Å². The van der Waals surface area contributed by atoms with E-state index in [1.54, 1.807) is 0 Å². The lowest BCUT2D eigenvalue weighted by atomic mass is 10.1. The van der Waals surface area contributed by atoms with Crippen molar-refractivity contribution in [2.75, 3.05) is 18.5 Å². The molecule has 0 bridgehead atoms. The minimum absolute atomic E-state index is 0.683. The third-order valence-electron chi connectivity index (χ3n) is 3.81. The molecular weight excluding hydrogens is 244 g/mol. The summed E-state index contributed by atoms with van der Waals surface area (Å²) in [6.45, 7) is 4.13. The van der Waals surface area contributed by atoms with E-state index < -0.39 is 0 Å². The summed E-state index contributed by atoms with van der Waals surface area (Å²) in [4.78, 5) is 2.47. The molecule has 1 saturated carbocycles. The number of anilines is 1. The highest BCUT2D eigenvalue weighted by Crippen LogP contribution is 2.33. The standard InChI is InChI=1S/C15H23ClN2/c1-3-18(13-6-4-5-7-13)15-9-8-12(11-17-2)10-14(15)16/h8-10,13,17H,3-7,11H2,1-2H3. The van der Waals surface area contributed by atoms with Crippen molar-refractivity contribution in [2.24, 2.45) is 0 Å². The number of nitrogens with one attached hydrogen (secondary N) is 1. The third kappa shape index (κ3) is 2.99. The second-order valence-electron chi connectivity index (χ2n) is 5.04. The largest absolute Gasteiger partial charge is 0.368 e. The monoisotopic (exact) mass is 266 g/mol. The average molecular weight is 267 g/mol. The molecule has 0 atom stereocenters. The number of hydrogen-bond donors (Lipinski definition) is 1. The van der Waals surface area contributed by atoms with E-state index in [1.165, 1.54) is 36.9 Å². The van der Waals surface area contributed by atoms with Gasteiger partial charge in [0, 0.05) is 19.1 Å². The minimum Gasteiger partial charge on any atom is -0.368 e. The van der Waals surface area contributed by atoms with Gasteiger partial charge in [-0.3, -0.25) is 0 Å². The Morgan fingerprint density at radius 2 is 2.06 bits per heavy atom. The molecule has 1 aromatic rings. The molecule has 0 amide bonds. The van der Waals surface area contributed by atoms with Gasteiger partial charge in [-0.15, -0.1) is 0 Å². The summed E-state index contributed by atoms with van der Waals surface area (Å²) in [6, 6.07) is 7.12. The molecule has 0 saturated heterocycles. The van der Waals surface area contributed by atoms with Crippen LogP contribution in [0.15, 0.2) is 18.2 Å². The van der Waals surface area contributed by atoms with Crippen LogP contribution in [0.4, 0.5) is 5.69 Å². The van der Waals surface area contributed by atoms with Gasteiger partial charge in [-0.2, -0.15) is 0 Å². The van der Waals surface area contributed by atoms with E-state index in [2.05, 4.69) is 35.3 Å². The molecule has 1 N–H and O–H groups in total. The molecular formula is C15H23ClN2. The van der Waals surface area contributed by atoms with Gasteiger partial charge in [0.2, 0.25) is 0 Å². The molecule has 0 aliphatic heterocycles. The summed E-state index contributed by atoms with van der Waals surface area (Å²) >= 11 is 6.45. The second-order valence-corrected chi connectivity index (χ2v) is 5.45. The predicted molar refractivity (Wildman–Crippen MR) is 79.5 cm³/mol. The summed E-state index contributed by atoms with van der Waals surface area (Å²) in [6.07, 6.45) is 5.33. The Kier molecular flexibility index (Phi) is 4.90. The van der Waals surface area contributed by atoms with Gasteiger partial charge in [-0.1, -0.05) is 30.5 Å². The van der Waals surface area contributed by atoms with Crippen LogP contribution < -0.4 is 10.2 Å². The Bertz CT molecular complexity index is 386. The Labute approximate surface area is 115 Å². The summed E-state index contributed by atoms with van der Waals surface area (Å²) in [5.41, 5.74) is 2.44. The van der Waals surface area contributed by atoms with E-state index in [4.69, 9.17) is 11.6 Å². The van der Waals surface area contributed by atoms with Crippen LogP contribution in [0.5, 0.6) is 0 Å². The molecule has 0 spiro atoms. The topological polar surface area (TPSA) is 15.3 Å². The van der Waals surface area contributed by atoms with Crippen molar-refractivity contribution in [1.82, 2.24) is 5.32 Å².